The van der Waals surface area contributed by atoms with Gasteiger partial charge in [0.15, 0.2) is 0 Å². The minimum absolute atomic E-state index is 0.145. The van der Waals surface area contributed by atoms with E-state index < -0.39 is 37.0 Å². The van der Waals surface area contributed by atoms with Crippen LogP contribution in [-0.4, -0.2) is 61.8 Å². The maximum Gasteiger partial charge on any atom is 0.548 e. The van der Waals surface area contributed by atoms with E-state index in [1.807, 2.05) is 0 Å². The molecule has 2 atom stereocenters. The Kier molecular flexibility index (Phi) is 8.62. The second-order valence-electron chi connectivity index (χ2n) is 5.78. The Bertz CT molecular complexity index is 769. The van der Waals surface area contributed by atoms with E-state index in [1.54, 1.807) is 12.3 Å². The van der Waals surface area contributed by atoms with Gasteiger partial charge in [0.25, 0.3) is 11.9 Å². The largest absolute Gasteiger partial charge is 0.548 e. The van der Waals surface area contributed by atoms with Crippen LogP contribution in [0.25, 0.3) is 0 Å². The van der Waals surface area contributed by atoms with Gasteiger partial charge in [0.2, 0.25) is 5.91 Å². The maximum atomic E-state index is 12.5. The molecule has 28 heavy (non-hydrogen) atoms. The number of amides is 2. The fourth-order valence-corrected chi connectivity index (χ4v) is 3.31. The standard InChI is InChI=1S/C16H17BCl2N2O6S/c1-28-7-13(21-15(24)11-4-9(18)2-3-12(11)19)16(25)20-8-17-26-10(6-22)5-14(23)27-17/h2-4,6,10,13H,5,7-8H2,1H3,(H,20,25)(H,21,24). The van der Waals surface area contributed by atoms with E-state index >= 15 is 0 Å². The van der Waals surface area contributed by atoms with Gasteiger partial charge in [-0.2, -0.15) is 11.8 Å². The van der Waals surface area contributed by atoms with Crippen molar-refractivity contribution in [2.45, 2.75) is 18.6 Å². The number of nitrogens with one attached hydrogen (secondary N) is 2. The smallest absolute Gasteiger partial charge is 0.508 e. The van der Waals surface area contributed by atoms with Crippen molar-refractivity contribution >= 4 is 66.2 Å². The lowest BCUT2D eigenvalue weighted by molar-refractivity contribution is -0.145. The second kappa shape index (κ2) is 10.7. The van der Waals surface area contributed by atoms with Gasteiger partial charge in [-0.05, 0) is 24.5 Å². The van der Waals surface area contributed by atoms with Gasteiger partial charge in [0.05, 0.1) is 23.5 Å². The van der Waals surface area contributed by atoms with Crippen LogP contribution in [0, 0.1) is 0 Å². The number of rotatable bonds is 8. The predicted octanol–water partition coefficient (Wildman–Crippen LogP) is 1.13. The average Bonchev–Trinajstić information content (AvgIpc) is 2.67. The van der Waals surface area contributed by atoms with Crippen molar-refractivity contribution < 1.29 is 28.5 Å². The highest BCUT2D eigenvalue weighted by Crippen LogP contribution is 2.20. The topological polar surface area (TPSA) is 111 Å². The van der Waals surface area contributed by atoms with Crippen molar-refractivity contribution in [3.63, 3.8) is 0 Å². The number of hydrogen-bond donors (Lipinski definition) is 2. The van der Waals surface area contributed by atoms with E-state index in [-0.39, 0.29) is 29.2 Å². The molecule has 2 N–H and O–H groups in total. The molecule has 2 rings (SSSR count). The van der Waals surface area contributed by atoms with E-state index in [0.29, 0.717) is 11.3 Å². The molecule has 1 aliphatic rings. The first-order valence-corrected chi connectivity index (χ1v) is 10.3. The molecule has 1 aliphatic heterocycles. The Morgan fingerprint density at radius 1 is 1.43 bits per heavy atom. The van der Waals surface area contributed by atoms with Crippen LogP contribution < -0.4 is 10.6 Å². The first-order valence-electron chi connectivity index (χ1n) is 8.16. The van der Waals surface area contributed by atoms with Crippen LogP contribution in [0.2, 0.25) is 10.0 Å². The molecule has 2 unspecified atom stereocenters. The molecule has 0 bridgehead atoms. The van der Waals surface area contributed by atoms with Gasteiger partial charge in [-0.3, -0.25) is 14.4 Å². The molecule has 1 aromatic rings. The summed E-state index contributed by atoms with van der Waals surface area (Å²) in [6.07, 6.45) is 1.04. The highest BCUT2D eigenvalue weighted by Gasteiger charge is 2.35. The highest BCUT2D eigenvalue weighted by molar-refractivity contribution is 7.98. The Morgan fingerprint density at radius 3 is 2.86 bits per heavy atom. The highest BCUT2D eigenvalue weighted by atomic mass is 35.5. The minimum atomic E-state index is -1.08. The summed E-state index contributed by atoms with van der Waals surface area (Å²) in [5.41, 5.74) is 0.145. The molecule has 1 saturated heterocycles. The third-order valence-corrected chi connectivity index (χ3v) is 4.91. The van der Waals surface area contributed by atoms with Crippen LogP contribution in [0.15, 0.2) is 18.2 Å². The molecular formula is C16H17BCl2N2O6S. The van der Waals surface area contributed by atoms with Crippen LogP contribution in [-0.2, 0) is 23.7 Å². The Morgan fingerprint density at radius 2 is 2.18 bits per heavy atom. The van der Waals surface area contributed by atoms with Gasteiger partial charge >= 0.3 is 7.12 Å². The number of halogens is 2. The summed E-state index contributed by atoms with van der Waals surface area (Å²) < 4.78 is 10.2. The van der Waals surface area contributed by atoms with E-state index in [4.69, 9.17) is 32.5 Å². The maximum absolute atomic E-state index is 12.5. The van der Waals surface area contributed by atoms with E-state index in [9.17, 15) is 19.2 Å². The molecule has 0 spiro atoms. The molecule has 0 aliphatic carbocycles. The van der Waals surface area contributed by atoms with Crippen LogP contribution >= 0.6 is 35.0 Å². The summed E-state index contributed by atoms with van der Waals surface area (Å²) in [6, 6.07) is 3.56. The molecule has 1 heterocycles. The summed E-state index contributed by atoms with van der Waals surface area (Å²) in [5.74, 6) is -1.36. The fraction of sp³-hybridized carbons (Fsp3) is 0.375. The molecule has 0 aromatic heterocycles. The van der Waals surface area contributed by atoms with Gasteiger partial charge in [-0.15, -0.1) is 0 Å². The van der Waals surface area contributed by atoms with Crippen molar-refractivity contribution in [2.24, 2.45) is 0 Å². The molecular weight excluding hydrogens is 430 g/mol. The van der Waals surface area contributed by atoms with Crippen LogP contribution in [0.1, 0.15) is 16.8 Å². The number of aldehydes is 1. The lowest BCUT2D eigenvalue weighted by Gasteiger charge is -2.24. The summed E-state index contributed by atoms with van der Waals surface area (Å²) in [5, 5.41) is 5.68. The molecule has 1 aromatic carbocycles. The molecule has 8 nitrogen and oxygen atoms in total. The molecule has 0 radical (unpaired) electrons. The zero-order chi connectivity index (χ0) is 20.7. The van der Waals surface area contributed by atoms with Crippen molar-refractivity contribution in [1.82, 2.24) is 10.6 Å². The number of carbonyl (C=O) groups is 4. The van der Waals surface area contributed by atoms with Gasteiger partial charge in [0.1, 0.15) is 18.4 Å². The lowest BCUT2D eigenvalue weighted by atomic mass is 9.87. The van der Waals surface area contributed by atoms with Crippen LogP contribution in [0.5, 0.6) is 0 Å². The number of thioether (sulfide) groups is 1. The number of hydrogen-bond acceptors (Lipinski definition) is 7. The monoisotopic (exact) mass is 446 g/mol. The quantitative estimate of drug-likeness (QED) is 0.454. The summed E-state index contributed by atoms with van der Waals surface area (Å²) in [6.45, 7) is 0. The lowest BCUT2D eigenvalue weighted by Crippen LogP contribution is -2.53. The summed E-state index contributed by atoms with van der Waals surface area (Å²) in [4.78, 5) is 47.2. The minimum Gasteiger partial charge on any atom is -0.508 e. The molecule has 150 valence electrons. The van der Waals surface area contributed by atoms with E-state index in [2.05, 4.69) is 10.6 Å². The zero-order valence-electron chi connectivity index (χ0n) is 14.8. The van der Waals surface area contributed by atoms with Crippen molar-refractivity contribution in [2.75, 3.05) is 18.5 Å². The summed E-state index contributed by atoms with van der Waals surface area (Å²) >= 11 is 13.3. The van der Waals surface area contributed by atoms with Crippen molar-refractivity contribution in [3.05, 3.63) is 33.8 Å². The molecule has 2 amide bonds. The van der Waals surface area contributed by atoms with Crippen molar-refractivity contribution in [3.8, 4) is 0 Å². The third kappa shape index (κ3) is 6.40. The Hall–Kier alpha value is -1.75. The molecule has 12 heteroatoms. The first kappa shape index (κ1) is 22.5. The second-order valence-corrected chi connectivity index (χ2v) is 7.54. The zero-order valence-corrected chi connectivity index (χ0v) is 17.1. The van der Waals surface area contributed by atoms with Gasteiger partial charge in [0, 0.05) is 10.8 Å². The Balaban J connectivity index is 1.97. The van der Waals surface area contributed by atoms with Crippen molar-refractivity contribution in [1.29, 1.82) is 0 Å². The fourth-order valence-electron chi connectivity index (χ4n) is 2.36. The average molecular weight is 447 g/mol. The number of benzene rings is 1. The van der Waals surface area contributed by atoms with Crippen LogP contribution in [0.4, 0.5) is 0 Å². The van der Waals surface area contributed by atoms with Crippen LogP contribution in [0.3, 0.4) is 0 Å². The van der Waals surface area contributed by atoms with E-state index in [1.165, 1.54) is 23.9 Å². The predicted molar refractivity (Wildman–Crippen MR) is 107 cm³/mol. The Labute approximate surface area is 176 Å². The summed E-state index contributed by atoms with van der Waals surface area (Å²) in [7, 11) is -1.08. The number of carbonyl (C=O) groups excluding carboxylic acids is 4. The first-order chi connectivity index (χ1) is 13.3. The van der Waals surface area contributed by atoms with Gasteiger partial charge in [-0.1, -0.05) is 23.2 Å². The van der Waals surface area contributed by atoms with E-state index in [0.717, 1.165) is 0 Å². The third-order valence-electron chi connectivity index (χ3n) is 3.68. The normalized spacial score (nSPS) is 17.5. The SMILES string of the molecule is CSCC(NC(=O)c1cc(Cl)ccc1Cl)C(=O)NCB1OC(=O)CC(C=O)O1. The molecule has 0 saturated carbocycles. The van der Waals surface area contributed by atoms with Gasteiger partial charge in [-0.25, -0.2) is 0 Å². The molecule has 1 fully saturated rings. The van der Waals surface area contributed by atoms with Gasteiger partial charge < -0.3 is 24.7 Å².